The van der Waals surface area contributed by atoms with Crippen LogP contribution in [0.3, 0.4) is 0 Å². The van der Waals surface area contributed by atoms with Gasteiger partial charge in [-0.15, -0.1) is 0 Å². The Morgan fingerprint density at radius 3 is 2.80 bits per heavy atom. The lowest BCUT2D eigenvalue weighted by Crippen LogP contribution is -2.38. The number of carbonyl (C=O) groups is 2. The van der Waals surface area contributed by atoms with Gasteiger partial charge in [0, 0.05) is 37.4 Å². The van der Waals surface area contributed by atoms with E-state index in [2.05, 4.69) is 5.32 Å². The van der Waals surface area contributed by atoms with Crippen LogP contribution < -0.4 is 5.32 Å². The topological polar surface area (TPSA) is 92.8 Å². The fourth-order valence-electron chi connectivity index (χ4n) is 3.44. The number of anilines is 1. The molecule has 136 valence electrons. The molecule has 7 nitrogen and oxygen atoms in total. The zero-order chi connectivity index (χ0) is 18.0. The van der Waals surface area contributed by atoms with E-state index in [-0.39, 0.29) is 42.3 Å². The van der Waals surface area contributed by atoms with E-state index < -0.39 is 15.8 Å². The molecule has 0 radical (unpaired) electrons. The van der Waals surface area contributed by atoms with Gasteiger partial charge in [-0.05, 0) is 12.5 Å². The molecule has 0 aliphatic carbocycles. The van der Waals surface area contributed by atoms with Crippen LogP contribution in [0.15, 0.2) is 24.3 Å². The summed E-state index contributed by atoms with van der Waals surface area (Å²) in [6.45, 7) is 0.656. The molecule has 2 aliphatic heterocycles. The predicted octanol–water partition coefficient (Wildman–Crippen LogP) is 0.807. The van der Waals surface area contributed by atoms with Gasteiger partial charge in [-0.2, -0.15) is 0 Å². The number of methoxy groups -OCH3 is 1. The normalized spacial score (nSPS) is 25.3. The van der Waals surface area contributed by atoms with Crippen molar-refractivity contribution in [1.82, 2.24) is 4.90 Å². The highest BCUT2D eigenvalue weighted by atomic mass is 32.2. The lowest BCUT2D eigenvalue weighted by atomic mass is 10.1. The molecular weight excluding hydrogens is 344 g/mol. The Labute approximate surface area is 147 Å². The number of sulfone groups is 1. The van der Waals surface area contributed by atoms with Crippen LogP contribution in [0, 0.1) is 5.92 Å². The van der Waals surface area contributed by atoms with Gasteiger partial charge in [0.05, 0.1) is 24.0 Å². The minimum absolute atomic E-state index is 0.00372. The minimum Gasteiger partial charge on any atom is -0.380 e. The van der Waals surface area contributed by atoms with Crippen molar-refractivity contribution in [3.63, 3.8) is 0 Å². The van der Waals surface area contributed by atoms with Crippen LogP contribution in [-0.2, 0) is 30.8 Å². The zero-order valence-electron chi connectivity index (χ0n) is 14.1. The third-order valence-electron chi connectivity index (χ3n) is 4.75. The van der Waals surface area contributed by atoms with Crippen molar-refractivity contribution >= 4 is 27.3 Å². The number of para-hydroxylation sites is 1. The third kappa shape index (κ3) is 4.01. The molecular formula is C17H22N2O5S. The highest BCUT2D eigenvalue weighted by molar-refractivity contribution is 7.91. The molecule has 1 aromatic rings. The summed E-state index contributed by atoms with van der Waals surface area (Å²) in [6.07, 6.45) is 0.577. The Balaban J connectivity index is 1.65. The summed E-state index contributed by atoms with van der Waals surface area (Å²) in [4.78, 5) is 26.4. The number of likely N-dealkylation sites (tertiary alicyclic amines) is 1. The second kappa shape index (κ2) is 7.13. The third-order valence-corrected chi connectivity index (χ3v) is 6.50. The largest absolute Gasteiger partial charge is 0.380 e. The first-order valence-electron chi connectivity index (χ1n) is 8.27. The maximum Gasteiger partial charge on any atom is 0.229 e. The van der Waals surface area contributed by atoms with Gasteiger partial charge in [-0.1, -0.05) is 18.2 Å². The molecule has 2 heterocycles. The first kappa shape index (κ1) is 17.9. The van der Waals surface area contributed by atoms with Crippen molar-refractivity contribution in [1.29, 1.82) is 0 Å². The van der Waals surface area contributed by atoms with Crippen LogP contribution in [0.4, 0.5) is 5.69 Å². The summed E-state index contributed by atoms with van der Waals surface area (Å²) in [7, 11) is -1.48. The predicted molar refractivity (Wildman–Crippen MR) is 92.7 cm³/mol. The van der Waals surface area contributed by atoms with Crippen molar-refractivity contribution in [2.45, 2.75) is 25.5 Å². The standard InChI is InChI=1S/C17H22N2O5S/c1-24-10-12-4-2-3-5-15(12)18-17(21)13-8-16(20)19(9-13)14-6-7-25(22,23)11-14/h2-5,13-14H,6-11H2,1H3,(H,18,21)/t13-,14-/m1/s1. The monoisotopic (exact) mass is 366 g/mol. The van der Waals surface area contributed by atoms with Gasteiger partial charge >= 0.3 is 0 Å². The fourth-order valence-corrected chi connectivity index (χ4v) is 5.17. The minimum atomic E-state index is -3.06. The summed E-state index contributed by atoms with van der Waals surface area (Å²) in [5.74, 6) is -0.717. The van der Waals surface area contributed by atoms with Crippen LogP contribution in [0.2, 0.25) is 0 Å². The molecule has 2 aliphatic rings. The van der Waals surface area contributed by atoms with E-state index in [4.69, 9.17) is 4.74 Å². The first-order valence-corrected chi connectivity index (χ1v) is 10.1. The quantitative estimate of drug-likeness (QED) is 0.832. The highest BCUT2D eigenvalue weighted by Crippen LogP contribution is 2.27. The number of benzene rings is 1. The van der Waals surface area contributed by atoms with E-state index in [1.165, 1.54) is 0 Å². The molecule has 0 unspecified atom stereocenters. The van der Waals surface area contributed by atoms with Gasteiger partial charge < -0.3 is 15.0 Å². The van der Waals surface area contributed by atoms with Crippen molar-refractivity contribution < 1.29 is 22.7 Å². The van der Waals surface area contributed by atoms with E-state index in [0.717, 1.165) is 5.56 Å². The fraction of sp³-hybridized carbons (Fsp3) is 0.529. The Hall–Kier alpha value is -1.93. The average molecular weight is 366 g/mol. The second-order valence-corrected chi connectivity index (χ2v) is 8.81. The number of ether oxygens (including phenoxy) is 1. The van der Waals surface area contributed by atoms with Crippen molar-refractivity contribution in [3.05, 3.63) is 29.8 Å². The SMILES string of the molecule is COCc1ccccc1NC(=O)[C@@H]1CC(=O)N([C@@H]2CCS(=O)(=O)C2)C1. The molecule has 2 atom stereocenters. The molecule has 1 aromatic carbocycles. The molecule has 0 bridgehead atoms. The van der Waals surface area contributed by atoms with E-state index in [0.29, 0.717) is 18.7 Å². The van der Waals surface area contributed by atoms with Gasteiger partial charge in [-0.3, -0.25) is 9.59 Å². The van der Waals surface area contributed by atoms with Crippen LogP contribution in [0.1, 0.15) is 18.4 Å². The van der Waals surface area contributed by atoms with Crippen molar-refractivity contribution in [3.8, 4) is 0 Å². The van der Waals surface area contributed by atoms with E-state index in [1.54, 1.807) is 18.1 Å². The number of nitrogens with zero attached hydrogens (tertiary/aromatic N) is 1. The van der Waals surface area contributed by atoms with Crippen LogP contribution in [0.25, 0.3) is 0 Å². The Morgan fingerprint density at radius 2 is 2.12 bits per heavy atom. The second-order valence-electron chi connectivity index (χ2n) is 6.58. The highest BCUT2D eigenvalue weighted by Gasteiger charge is 2.41. The number of carbonyl (C=O) groups excluding carboxylic acids is 2. The lowest BCUT2D eigenvalue weighted by molar-refractivity contribution is -0.129. The summed E-state index contributed by atoms with van der Waals surface area (Å²) < 4.78 is 28.4. The van der Waals surface area contributed by atoms with Crippen molar-refractivity contribution in [2.75, 3.05) is 30.5 Å². The van der Waals surface area contributed by atoms with Crippen LogP contribution in [0.5, 0.6) is 0 Å². The van der Waals surface area contributed by atoms with Gasteiger partial charge in [-0.25, -0.2) is 8.42 Å². The summed E-state index contributed by atoms with van der Waals surface area (Å²) >= 11 is 0. The lowest BCUT2D eigenvalue weighted by Gasteiger charge is -2.23. The Morgan fingerprint density at radius 1 is 1.36 bits per heavy atom. The molecule has 0 aromatic heterocycles. The molecule has 3 rings (SSSR count). The number of amides is 2. The summed E-state index contributed by atoms with van der Waals surface area (Å²) in [5.41, 5.74) is 1.53. The van der Waals surface area contributed by atoms with Gasteiger partial charge in [0.1, 0.15) is 0 Å². The number of rotatable bonds is 5. The Kier molecular flexibility index (Phi) is 5.10. The van der Waals surface area contributed by atoms with Gasteiger partial charge in [0.15, 0.2) is 9.84 Å². The molecule has 2 fully saturated rings. The summed E-state index contributed by atoms with van der Waals surface area (Å²) in [5, 5.41) is 2.87. The van der Waals surface area contributed by atoms with Crippen LogP contribution >= 0.6 is 0 Å². The maximum atomic E-state index is 12.6. The van der Waals surface area contributed by atoms with E-state index in [9.17, 15) is 18.0 Å². The number of nitrogens with one attached hydrogen (secondary N) is 1. The van der Waals surface area contributed by atoms with Gasteiger partial charge in [0.25, 0.3) is 0 Å². The van der Waals surface area contributed by atoms with Crippen molar-refractivity contribution in [2.24, 2.45) is 5.92 Å². The first-order chi connectivity index (χ1) is 11.9. The molecule has 25 heavy (non-hydrogen) atoms. The van der Waals surface area contributed by atoms with Crippen LogP contribution in [-0.4, -0.2) is 56.3 Å². The maximum absolute atomic E-state index is 12.6. The molecule has 2 amide bonds. The smallest absolute Gasteiger partial charge is 0.229 e. The molecule has 8 heteroatoms. The Bertz CT molecular complexity index is 777. The zero-order valence-corrected chi connectivity index (χ0v) is 14.9. The number of hydrogen-bond donors (Lipinski definition) is 1. The van der Waals surface area contributed by atoms with Gasteiger partial charge in [0.2, 0.25) is 11.8 Å². The average Bonchev–Trinajstić information content (AvgIpc) is 3.12. The molecule has 2 saturated heterocycles. The molecule has 1 N–H and O–H groups in total. The summed E-state index contributed by atoms with van der Waals surface area (Å²) in [6, 6.07) is 7.06. The molecule has 0 saturated carbocycles. The molecule has 0 spiro atoms. The van der Waals surface area contributed by atoms with E-state index >= 15 is 0 Å². The number of hydrogen-bond acceptors (Lipinski definition) is 5. The van der Waals surface area contributed by atoms with E-state index in [1.807, 2.05) is 18.2 Å².